The van der Waals surface area contributed by atoms with Gasteiger partial charge in [-0.05, 0) is 13.0 Å². The molecule has 1 aromatic rings. The average Bonchev–Trinajstić information content (AvgIpc) is 2.44. The number of benzene rings is 1. The summed E-state index contributed by atoms with van der Waals surface area (Å²) < 4.78 is 16.0. The molecule has 1 aromatic carbocycles. The molecule has 0 aliphatic carbocycles. The van der Waals surface area contributed by atoms with Gasteiger partial charge < -0.3 is 19.5 Å². The summed E-state index contributed by atoms with van der Waals surface area (Å²) in [7, 11) is 4.90. The van der Waals surface area contributed by atoms with Crippen LogP contribution in [0.3, 0.4) is 0 Å². The van der Waals surface area contributed by atoms with E-state index in [4.69, 9.17) is 14.2 Å². The van der Waals surface area contributed by atoms with Crippen molar-refractivity contribution in [3.8, 4) is 17.2 Å². The van der Waals surface area contributed by atoms with Gasteiger partial charge in [-0.25, -0.2) is 0 Å². The van der Waals surface area contributed by atoms with Crippen LogP contribution in [-0.2, 0) is 0 Å². The first-order valence-corrected chi connectivity index (χ1v) is 6.72. The lowest BCUT2D eigenvalue weighted by molar-refractivity contribution is 0.348. The maximum Gasteiger partial charge on any atom is 0.164 e. The number of ether oxygens (including phenoxy) is 3. The van der Waals surface area contributed by atoms with E-state index in [0.717, 1.165) is 17.9 Å². The predicted molar refractivity (Wildman–Crippen MR) is 82.9 cm³/mol. The Hall–Kier alpha value is -1.68. The Morgan fingerprint density at radius 2 is 1.60 bits per heavy atom. The summed E-state index contributed by atoms with van der Waals surface area (Å²) in [6.45, 7) is 7.19. The Morgan fingerprint density at radius 1 is 1.05 bits per heavy atom. The third-order valence-electron chi connectivity index (χ3n) is 2.93. The monoisotopic (exact) mass is 279 g/mol. The SMILES string of the molecule is COc1cc(OC)c(OC)cc1C=C(C)CNC(C)C. The van der Waals surface area contributed by atoms with Crippen LogP contribution in [0.5, 0.6) is 17.2 Å². The number of rotatable bonds is 7. The Morgan fingerprint density at radius 3 is 2.10 bits per heavy atom. The molecule has 1 N–H and O–H groups in total. The van der Waals surface area contributed by atoms with Gasteiger partial charge in [0.25, 0.3) is 0 Å². The Balaban J connectivity index is 3.06. The molecule has 0 amide bonds. The molecule has 0 spiro atoms. The summed E-state index contributed by atoms with van der Waals surface area (Å²) in [5.41, 5.74) is 2.21. The number of nitrogens with one attached hydrogen (secondary N) is 1. The van der Waals surface area contributed by atoms with Crippen LogP contribution < -0.4 is 19.5 Å². The molecular weight excluding hydrogens is 254 g/mol. The van der Waals surface area contributed by atoms with Crippen molar-refractivity contribution < 1.29 is 14.2 Å². The molecular formula is C16H25NO3. The molecule has 0 aliphatic heterocycles. The first-order chi connectivity index (χ1) is 9.51. The van der Waals surface area contributed by atoms with Gasteiger partial charge in [-0.1, -0.05) is 25.5 Å². The minimum Gasteiger partial charge on any atom is -0.496 e. The van der Waals surface area contributed by atoms with Crippen LogP contribution in [0.4, 0.5) is 0 Å². The zero-order chi connectivity index (χ0) is 15.1. The van der Waals surface area contributed by atoms with Gasteiger partial charge in [0.2, 0.25) is 0 Å². The minimum atomic E-state index is 0.464. The van der Waals surface area contributed by atoms with Gasteiger partial charge in [0.05, 0.1) is 21.3 Å². The van der Waals surface area contributed by atoms with Gasteiger partial charge in [-0.2, -0.15) is 0 Å². The number of hydrogen-bond donors (Lipinski definition) is 1. The lowest BCUT2D eigenvalue weighted by Crippen LogP contribution is -2.24. The lowest BCUT2D eigenvalue weighted by atomic mass is 10.1. The van der Waals surface area contributed by atoms with Crippen LogP contribution >= 0.6 is 0 Å². The van der Waals surface area contributed by atoms with E-state index in [0.29, 0.717) is 17.5 Å². The third-order valence-corrected chi connectivity index (χ3v) is 2.93. The maximum atomic E-state index is 5.41. The first-order valence-electron chi connectivity index (χ1n) is 6.72. The fraction of sp³-hybridized carbons (Fsp3) is 0.500. The predicted octanol–water partition coefficient (Wildman–Crippen LogP) is 3.11. The van der Waals surface area contributed by atoms with E-state index in [1.54, 1.807) is 21.3 Å². The van der Waals surface area contributed by atoms with Gasteiger partial charge in [-0.3, -0.25) is 0 Å². The second-order valence-electron chi connectivity index (χ2n) is 4.98. The summed E-state index contributed by atoms with van der Waals surface area (Å²) in [6.07, 6.45) is 2.09. The molecule has 1 rings (SSSR count). The van der Waals surface area contributed by atoms with E-state index >= 15 is 0 Å². The standard InChI is InChI=1S/C16H25NO3/c1-11(2)17-10-12(3)7-13-8-15(19-5)16(20-6)9-14(13)18-4/h7-9,11,17H,10H2,1-6H3. The topological polar surface area (TPSA) is 39.7 Å². The van der Waals surface area contributed by atoms with Gasteiger partial charge in [0.1, 0.15) is 5.75 Å². The molecule has 112 valence electrons. The molecule has 0 heterocycles. The van der Waals surface area contributed by atoms with Crippen molar-refractivity contribution in [3.63, 3.8) is 0 Å². The Bertz CT molecular complexity index is 467. The van der Waals surface area contributed by atoms with E-state index in [9.17, 15) is 0 Å². The van der Waals surface area contributed by atoms with E-state index < -0.39 is 0 Å². The molecule has 20 heavy (non-hydrogen) atoms. The summed E-state index contributed by atoms with van der Waals surface area (Å²) >= 11 is 0. The van der Waals surface area contributed by atoms with Gasteiger partial charge >= 0.3 is 0 Å². The van der Waals surface area contributed by atoms with Gasteiger partial charge in [0.15, 0.2) is 11.5 Å². The molecule has 0 saturated carbocycles. The summed E-state index contributed by atoms with van der Waals surface area (Å²) in [5.74, 6) is 2.13. The van der Waals surface area contributed by atoms with Crippen molar-refractivity contribution >= 4 is 6.08 Å². The quantitative estimate of drug-likeness (QED) is 0.832. The lowest BCUT2D eigenvalue weighted by Gasteiger charge is -2.13. The normalized spacial score (nSPS) is 11.7. The van der Waals surface area contributed by atoms with Crippen molar-refractivity contribution in [1.82, 2.24) is 5.32 Å². The van der Waals surface area contributed by atoms with Gasteiger partial charge in [0, 0.05) is 24.2 Å². The van der Waals surface area contributed by atoms with E-state index in [2.05, 4.69) is 32.2 Å². The molecule has 0 aliphatic rings. The molecule has 0 fully saturated rings. The van der Waals surface area contributed by atoms with Crippen LogP contribution in [-0.4, -0.2) is 33.9 Å². The molecule has 0 radical (unpaired) electrons. The highest BCUT2D eigenvalue weighted by Crippen LogP contribution is 2.35. The smallest absolute Gasteiger partial charge is 0.164 e. The number of methoxy groups -OCH3 is 3. The largest absolute Gasteiger partial charge is 0.496 e. The van der Waals surface area contributed by atoms with E-state index in [-0.39, 0.29) is 0 Å². The average molecular weight is 279 g/mol. The fourth-order valence-corrected chi connectivity index (χ4v) is 1.85. The third kappa shape index (κ3) is 4.46. The maximum absolute atomic E-state index is 5.41. The fourth-order valence-electron chi connectivity index (χ4n) is 1.85. The highest BCUT2D eigenvalue weighted by molar-refractivity contribution is 5.65. The second-order valence-corrected chi connectivity index (χ2v) is 4.98. The van der Waals surface area contributed by atoms with Crippen molar-refractivity contribution in [1.29, 1.82) is 0 Å². The van der Waals surface area contributed by atoms with Crippen molar-refractivity contribution in [2.45, 2.75) is 26.8 Å². The van der Waals surface area contributed by atoms with Crippen molar-refractivity contribution in [2.24, 2.45) is 0 Å². The Kier molecular flexibility index (Phi) is 6.39. The van der Waals surface area contributed by atoms with Crippen LogP contribution in [0.1, 0.15) is 26.3 Å². The summed E-state index contributed by atoms with van der Waals surface area (Å²) in [5, 5.41) is 3.39. The molecule has 4 heteroatoms. The molecule has 0 bridgehead atoms. The van der Waals surface area contributed by atoms with Crippen LogP contribution in [0.2, 0.25) is 0 Å². The molecule has 0 unspecified atom stereocenters. The number of hydrogen-bond acceptors (Lipinski definition) is 4. The summed E-state index contributed by atoms with van der Waals surface area (Å²) in [6, 6.07) is 4.23. The molecule has 0 aromatic heterocycles. The van der Waals surface area contributed by atoms with Crippen molar-refractivity contribution in [2.75, 3.05) is 27.9 Å². The second kappa shape index (κ2) is 7.80. The van der Waals surface area contributed by atoms with Crippen LogP contribution in [0.25, 0.3) is 6.08 Å². The summed E-state index contributed by atoms with van der Waals surface area (Å²) in [4.78, 5) is 0. The first kappa shape index (κ1) is 16.4. The minimum absolute atomic E-state index is 0.464. The highest BCUT2D eigenvalue weighted by Gasteiger charge is 2.10. The van der Waals surface area contributed by atoms with Gasteiger partial charge in [-0.15, -0.1) is 0 Å². The zero-order valence-corrected chi connectivity index (χ0v) is 13.2. The Labute approximate surface area is 121 Å². The van der Waals surface area contributed by atoms with Crippen LogP contribution in [0.15, 0.2) is 17.7 Å². The van der Waals surface area contributed by atoms with E-state index in [1.807, 2.05) is 12.1 Å². The van der Waals surface area contributed by atoms with E-state index in [1.165, 1.54) is 5.57 Å². The molecule has 0 saturated heterocycles. The molecule has 4 nitrogen and oxygen atoms in total. The highest BCUT2D eigenvalue weighted by atomic mass is 16.5. The van der Waals surface area contributed by atoms with Crippen molar-refractivity contribution in [3.05, 3.63) is 23.3 Å². The molecule has 0 atom stereocenters. The zero-order valence-electron chi connectivity index (χ0n) is 13.2. The van der Waals surface area contributed by atoms with Crippen LogP contribution in [0, 0.1) is 0 Å².